The van der Waals surface area contributed by atoms with Crippen LogP contribution in [0.2, 0.25) is 0 Å². The molecule has 17 heavy (non-hydrogen) atoms. The van der Waals surface area contributed by atoms with E-state index in [1.807, 2.05) is 0 Å². The number of carbonyl (C=O) groups excluding carboxylic acids is 1. The van der Waals surface area contributed by atoms with Gasteiger partial charge in [0.1, 0.15) is 4.60 Å². The Balaban J connectivity index is 2.43. The minimum Gasteiger partial charge on any atom is -0.349 e. The van der Waals surface area contributed by atoms with Gasteiger partial charge in [-0.05, 0) is 44.9 Å². The molecule has 1 aromatic rings. The van der Waals surface area contributed by atoms with Crippen LogP contribution in [0.25, 0.3) is 0 Å². The zero-order chi connectivity index (χ0) is 12.8. The third-order valence-corrected chi connectivity index (χ3v) is 4.37. The van der Waals surface area contributed by atoms with Crippen LogP contribution < -0.4 is 5.32 Å². The molecule has 2 N–H and O–H groups in total. The summed E-state index contributed by atoms with van der Waals surface area (Å²) in [6.45, 7) is 7.66. The second-order valence-corrected chi connectivity index (χ2v) is 5.07. The van der Waals surface area contributed by atoms with Crippen LogP contribution >= 0.6 is 31.9 Å². The summed E-state index contributed by atoms with van der Waals surface area (Å²) in [6.07, 6.45) is 0. The Morgan fingerprint density at radius 2 is 2.06 bits per heavy atom. The van der Waals surface area contributed by atoms with Gasteiger partial charge in [-0.1, -0.05) is 13.8 Å². The number of rotatable bonds is 6. The van der Waals surface area contributed by atoms with Gasteiger partial charge in [0.25, 0.3) is 5.91 Å². The molecule has 5 nitrogen and oxygen atoms in total. The molecule has 0 radical (unpaired) electrons. The lowest BCUT2D eigenvalue weighted by molar-refractivity contribution is 0.0943. The van der Waals surface area contributed by atoms with Crippen molar-refractivity contribution in [2.45, 2.75) is 13.8 Å². The van der Waals surface area contributed by atoms with Crippen molar-refractivity contribution >= 4 is 37.8 Å². The van der Waals surface area contributed by atoms with Crippen LogP contribution in [-0.2, 0) is 0 Å². The topological polar surface area (TPSA) is 61.0 Å². The zero-order valence-electron chi connectivity index (χ0n) is 9.89. The fraction of sp³-hybridized carbons (Fsp3) is 0.600. The fourth-order valence-electron chi connectivity index (χ4n) is 1.41. The summed E-state index contributed by atoms with van der Waals surface area (Å²) in [5.41, 5.74) is 0.372. The number of carbonyl (C=O) groups is 1. The number of nitrogens with zero attached hydrogens (tertiary/aromatic N) is 2. The van der Waals surface area contributed by atoms with Gasteiger partial charge in [-0.3, -0.25) is 9.89 Å². The smallest absolute Gasteiger partial charge is 0.273 e. The number of nitrogens with one attached hydrogen (secondary N) is 2. The number of hydrogen-bond acceptors (Lipinski definition) is 3. The number of amides is 1. The van der Waals surface area contributed by atoms with E-state index in [0.29, 0.717) is 21.3 Å². The van der Waals surface area contributed by atoms with Crippen LogP contribution in [-0.4, -0.2) is 47.2 Å². The van der Waals surface area contributed by atoms with Crippen molar-refractivity contribution in [3.05, 3.63) is 14.8 Å². The van der Waals surface area contributed by atoms with E-state index in [-0.39, 0.29) is 5.91 Å². The van der Waals surface area contributed by atoms with Crippen LogP contribution in [0.4, 0.5) is 0 Å². The number of likely N-dealkylation sites (N-methyl/N-ethyl adjacent to an activating group) is 1. The van der Waals surface area contributed by atoms with Gasteiger partial charge in [-0.2, -0.15) is 5.10 Å². The highest BCUT2D eigenvalue weighted by atomic mass is 79.9. The molecule has 0 aliphatic rings. The van der Waals surface area contributed by atoms with E-state index < -0.39 is 0 Å². The van der Waals surface area contributed by atoms with Crippen molar-refractivity contribution in [3.63, 3.8) is 0 Å². The van der Waals surface area contributed by atoms with Gasteiger partial charge in [-0.15, -0.1) is 0 Å². The van der Waals surface area contributed by atoms with Gasteiger partial charge in [0.05, 0.1) is 4.47 Å². The van der Waals surface area contributed by atoms with E-state index in [4.69, 9.17) is 0 Å². The molecule has 1 heterocycles. The number of aromatic nitrogens is 2. The third-order valence-electron chi connectivity index (χ3n) is 2.49. The molecular formula is C10H16Br2N4O. The average Bonchev–Trinajstić information content (AvgIpc) is 2.65. The molecule has 1 rings (SSSR count). The highest BCUT2D eigenvalue weighted by Gasteiger charge is 2.15. The number of halogens is 2. The Morgan fingerprint density at radius 3 is 2.53 bits per heavy atom. The fourth-order valence-corrected chi connectivity index (χ4v) is 2.04. The second kappa shape index (κ2) is 7.13. The van der Waals surface area contributed by atoms with Gasteiger partial charge in [0, 0.05) is 13.1 Å². The standard InChI is InChI=1S/C10H16Br2N4O/c1-3-16(4-2)6-5-13-10(17)8-7(11)9(12)15-14-8/h3-6H2,1-2H3,(H,13,17)(H,14,15). The Kier molecular flexibility index (Phi) is 6.15. The molecule has 7 heteroatoms. The minimum atomic E-state index is -0.175. The van der Waals surface area contributed by atoms with Gasteiger partial charge in [-0.25, -0.2) is 0 Å². The van der Waals surface area contributed by atoms with Crippen molar-refractivity contribution in [1.29, 1.82) is 0 Å². The summed E-state index contributed by atoms with van der Waals surface area (Å²) in [5.74, 6) is -0.175. The van der Waals surface area contributed by atoms with Crippen molar-refractivity contribution in [2.24, 2.45) is 0 Å². The van der Waals surface area contributed by atoms with E-state index in [9.17, 15) is 4.79 Å². The molecule has 1 aromatic heterocycles. The molecule has 0 fully saturated rings. The maximum Gasteiger partial charge on any atom is 0.273 e. The first-order chi connectivity index (χ1) is 8.10. The lowest BCUT2D eigenvalue weighted by atomic mass is 10.4. The predicted octanol–water partition coefficient (Wildman–Crippen LogP) is 2.01. The van der Waals surface area contributed by atoms with E-state index in [1.54, 1.807) is 0 Å². The van der Waals surface area contributed by atoms with E-state index in [0.717, 1.165) is 19.6 Å². The molecule has 0 spiro atoms. The van der Waals surface area contributed by atoms with Gasteiger partial charge in [0.2, 0.25) is 0 Å². The molecule has 0 unspecified atom stereocenters. The molecule has 0 bridgehead atoms. The normalized spacial score (nSPS) is 10.9. The van der Waals surface area contributed by atoms with Gasteiger partial charge >= 0.3 is 0 Å². The quantitative estimate of drug-likeness (QED) is 0.808. The first-order valence-corrected chi connectivity index (χ1v) is 7.08. The molecular weight excluding hydrogens is 352 g/mol. The van der Waals surface area contributed by atoms with Crippen LogP contribution in [0.5, 0.6) is 0 Å². The van der Waals surface area contributed by atoms with E-state index in [2.05, 4.69) is 66.1 Å². The molecule has 0 aromatic carbocycles. The first-order valence-electron chi connectivity index (χ1n) is 5.50. The largest absolute Gasteiger partial charge is 0.349 e. The molecule has 0 aliphatic heterocycles. The summed E-state index contributed by atoms with van der Waals surface area (Å²) in [4.78, 5) is 14.0. The maximum absolute atomic E-state index is 11.8. The van der Waals surface area contributed by atoms with Crippen molar-refractivity contribution in [3.8, 4) is 0 Å². The number of aromatic amines is 1. The summed E-state index contributed by atoms with van der Waals surface area (Å²) in [6, 6.07) is 0. The Bertz CT molecular complexity index is 376. The van der Waals surface area contributed by atoms with Crippen LogP contribution in [0.3, 0.4) is 0 Å². The summed E-state index contributed by atoms with van der Waals surface area (Å²) in [5, 5.41) is 9.44. The molecule has 1 amide bonds. The Hall–Kier alpha value is -0.400. The van der Waals surface area contributed by atoms with Crippen LogP contribution in [0.1, 0.15) is 24.3 Å². The van der Waals surface area contributed by atoms with Crippen molar-refractivity contribution < 1.29 is 4.79 Å². The second-order valence-electron chi connectivity index (χ2n) is 3.48. The average molecular weight is 368 g/mol. The summed E-state index contributed by atoms with van der Waals surface area (Å²) < 4.78 is 1.32. The van der Waals surface area contributed by atoms with Crippen LogP contribution in [0.15, 0.2) is 9.08 Å². The van der Waals surface area contributed by atoms with E-state index >= 15 is 0 Å². The number of hydrogen-bond donors (Lipinski definition) is 2. The van der Waals surface area contributed by atoms with Crippen molar-refractivity contribution in [1.82, 2.24) is 20.4 Å². The predicted molar refractivity (Wildman–Crippen MR) is 74.1 cm³/mol. The monoisotopic (exact) mass is 366 g/mol. The highest BCUT2D eigenvalue weighted by molar-refractivity contribution is 9.13. The third kappa shape index (κ3) is 4.08. The molecule has 0 saturated carbocycles. The Morgan fingerprint density at radius 1 is 1.41 bits per heavy atom. The number of H-pyrrole nitrogens is 1. The SMILES string of the molecule is CCN(CC)CCNC(=O)c1n[nH]c(Br)c1Br. The van der Waals surface area contributed by atoms with Crippen LogP contribution in [0, 0.1) is 0 Å². The lowest BCUT2D eigenvalue weighted by Gasteiger charge is -2.17. The first kappa shape index (κ1) is 14.7. The van der Waals surface area contributed by atoms with Gasteiger partial charge < -0.3 is 10.2 Å². The maximum atomic E-state index is 11.8. The molecule has 0 atom stereocenters. The lowest BCUT2D eigenvalue weighted by Crippen LogP contribution is -2.35. The summed E-state index contributed by atoms with van der Waals surface area (Å²) >= 11 is 6.53. The highest BCUT2D eigenvalue weighted by Crippen LogP contribution is 2.23. The minimum absolute atomic E-state index is 0.175. The molecule has 0 saturated heterocycles. The Labute approximate surface area is 118 Å². The van der Waals surface area contributed by atoms with Crippen molar-refractivity contribution in [2.75, 3.05) is 26.2 Å². The van der Waals surface area contributed by atoms with Gasteiger partial charge in [0.15, 0.2) is 5.69 Å². The van der Waals surface area contributed by atoms with E-state index in [1.165, 1.54) is 0 Å². The summed E-state index contributed by atoms with van der Waals surface area (Å²) in [7, 11) is 0. The molecule has 0 aliphatic carbocycles. The zero-order valence-corrected chi connectivity index (χ0v) is 13.1. The molecule has 96 valence electrons.